The number of likely N-dealkylation sites (tertiary alicyclic amines) is 1. The van der Waals surface area contributed by atoms with Crippen molar-refractivity contribution in [1.82, 2.24) is 15.5 Å². The molecule has 1 fully saturated rings. The van der Waals surface area contributed by atoms with Crippen molar-refractivity contribution in [1.29, 1.82) is 0 Å². The lowest BCUT2D eigenvalue weighted by atomic mass is 10.3. The lowest BCUT2D eigenvalue weighted by molar-refractivity contribution is -0.129. The molecule has 1 aliphatic rings. The van der Waals surface area contributed by atoms with Crippen LogP contribution in [0.4, 0.5) is 0 Å². The first-order valence-corrected chi connectivity index (χ1v) is 7.06. The molecular weight excluding hydrogens is 244 g/mol. The molecule has 0 saturated carbocycles. The Morgan fingerprint density at radius 3 is 2.68 bits per heavy atom. The first kappa shape index (κ1) is 15.8. The van der Waals surface area contributed by atoms with Gasteiger partial charge in [0.2, 0.25) is 5.91 Å². The van der Waals surface area contributed by atoms with Crippen molar-refractivity contribution >= 4 is 11.9 Å². The number of ether oxygens (including phenoxy) is 1. The Bertz CT molecular complexity index is 288. The molecule has 0 radical (unpaired) electrons. The van der Waals surface area contributed by atoms with Gasteiger partial charge in [-0.3, -0.25) is 9.79 Å². The summed E-state index contributed by atoms with van der Waals surface area (Å²) >= 11 is 0. The molecule has 1 amide bonds. The number of amides is 1. The average Bonchev–Trinajstić information content (AvgIpc) is 2.93. The molecule has 110 valence electrons. The fourth-order valence-electron chi connectivity index (χ4n) is 2.00. The van der Waals surface area contributed by atoms with Crippen molar-refractivity contribution in [3.63, 3.8) is 0 Å². The Labute approximate surface area is 115 Å². The Morgan fingerprint density at radius 2 is 2.05 bits per heavy atom. The van der Waals surface area contributed by atoms with Crippen LogP contribution in [0.25, 0.3) is 0 Å². The zero-order chi connectivity index (χ0) is 13.9. The van der Waals surface area contributed by atoms with Gasteiger partial charge >= 0.3 is 0 Å². The van der Waals surface area contributed by atoms with E-state index in [1.165, 1.54) is 0 Å². The van der Waals surface area contributed by atoms with E-state index in [9.17, 15) is 4.79 Å². The van der Waals surface area contributed by atoms with Crippen LogP contribution in [0.2, 0.25) is 0 Å². The van der Waals surface area contributed by atoms with Crippen molar-refractivity contribution in [3.8, 4) is 0 Å². The number of guanidine groups is 1. The molecule has 0 unspecified atom stereocenters. The minimum absolute atomic E-state index is 0.234. The van der Waals surface area contributed by atoms with E-state index in [1.807, 2.05) is 11.8 Å². The molecule has 0 aromatic carbocycles. The van der Waals surface area contributed by atoms with Gasteiger partial charge in [-0.05, 0) is 19.8 Å². The Hall–Kier alpha value is -1.30. The van der Waals surface area contributed by atoms with E-state index >= 15 is 0 Å². The van der Waals surface area contributed by atoms with Crippen LogP contribution >= 0.6 is 0 Å². The van der Waals surface area contributed by atoms with E-state index in [2.05, 4.69) is 15.6 Å². The van der Waals surface area contributed by atoms with Crippen molar-refractivity contribution < 1.29 is 9.53 Å². The third-order valence-corrected chi connectivity index (χ3v) is 3.00. The summed E-state index contributed by atoms with van der Waals surface area (Å²) in [7, 11) is 1.66. The van der Waals surface area contributed by atoms with Crippen LogP contribution in [0.1, 0.15) is 26.2 Å². The van der Waals surface area contributed by atoms with E-state index in [4.69, 9.17) is 4.74 Å². The smallest absolute Gasteiger partial charge is 0.224 e. The van der Waals surface area contributed by atoms with Crippen LogP contribution < -0.4 is 10.6 Å². The van der Waals surface area contributed by atoms with Crippen molar-refractivity contribution in [2.24, 2.45) is 4.99 Å². The average molecular weight is 270 g/mol. The van der Waals surface area contributed by atoms with Gasteiger partial charge in [0, 0.05) is 39.7 Å². The Balaban J connectivity index is 2.22. The molecule has 0 bridgehead atoms. The van der Waals surface area contributed by atoms with Crippen LogP contribution in [0.5, 0.6) is 0 Å². The number of methoxy groups -OCH3 is 1. The lowest BCUT2D eigenvalue weighted by Gasteiger charge is -2.16. The summed E-state index contributed by atoms with van der Waals surface area (Å²) in [6.07, 6.45) is 2.80. The van der Waals surface area contributed by atoms with Crippen molar-refractivity contribution in [3.05, 3.63) is 0 Å². The lowest BCUT2D eigenvalue weighted by Crippen LogP contribution is -2.40. The van der Waals surface area contributed by atoms with Crippen LogP contribution in [-0.2, 0) is 9.53 Å². The maximum absolute atomic E-state index is 11.9. The standard InChI is InChI=1S/C13H26N4O2/c1-3-14-13(16-8-11-19-2)15-7-6-12(18)17-9-4-5-10-17/h3-11H2,1-2H3,(H2,14,15,16). The Morgan fingerprint density at radius 1 is 1.32 bits per heavy atom. The van der Waals surface area contributed by atoms with Crippen LogP contribution in [0.15, 0.2) is 4.99 Å². The summed E-state index contributed by atoms with van der Waals surface area (Å²) in [6, 6.07) is 0. The monoisotopic (exact) mass is 270 g/mol. The molecule has 1 heterocycles. The highest BCUT2D eigenvalue weighted by Gasteiger charge is 2.17. The molecule has 2 N–H and O–H groups in total. The zero-order valence-corrected chi connectivity index (χ0v) is 12.1. The predicted octanol–water partition coefficient (Wildman–Crippen LogP) is 0.200. The SMILES string of the molecule is CCNC(=NCCOC)NCCC(=O)N1CCCC1. The van der Waals surface area contributed by atoms with E-state index in [0.29, 0.717) is 26.1 Å². The summed E-state index contributed by atoms with van der Waals surface area (Å²) in [4.78, 5) is 18.1. The summed E-state index contributed by atoms with van der Waals surface area (Å²) < 4.78 is 4.96. The number of rotatable bonds is 7. The number of hydrogen-bond donors (Lipinski definition) is 2. The molecule has 19 heavy (non-hydrogen) atoms. The third-order valence-electron chi connectivity index (χ3n) is 3.00. The zero-order valence-electron chi connectivity index (χ0n) is 12.1. The van der Waals surface area contributed by atoms with Gasteiger partial charge in [0.15, 0.2) is 5.96 Å². The van der Waals surface area contributed by atoms with Gasteiger partial charge in [0.25, 0.3) is 0 Å². The second kappa shape index (κ2) is 9.61. The number of carbonyl (C=O) groups is 1. The maximum Gasteiger partial charge on any atom is 0.224 e. The number of carbonyl (C=O) groups excluding carboxylic acids is 1. The molecule has 0 aliphatic carbocycles. The van der Waals surface area contributed by atoms with Gasteiger partial charge < -0.3 is 20.3 Å². The summed E-state index contributed by atoms with van der Waals surface area (Å²) in [5.41, 5.74) is 0. The first-order valence-electron chi connectivity index (χ1n) is 7.06. The predicted molar refractivity (Wildman–Crippen MR) is 76.3 cm³/mol. The fourth-order valence-corrected chi connectivity index (χ4v) is 2.00. The largest absolute Gasteiger partial charge is 0.383 e. The first-order chi connectivity index (χ1) is 9.27. The quantitative estimate of drug-likeness (QED) is 0.394. The second-order valence-corrected chi connectivity index (χ2v) is 4.52. The van der Waals surface area contributed by atoms with E-state index < -0.39 is 0 Å². The molecule has 1 rings (SSSR count). The molecule has 0 aromatic heterocycles. The van der Waals surface area contributed by atoms with E-state index in [0.717, 1.165) is 38.4 Å². The van der Waals surface area contributed by atoms with Gasteiger partial charge in [-0.1, -0.05) is 0 Å². The van der Waals surface area contributed by atoms with Crippen LogP contribution in [-0.4, -0.2) is 63.2 Å². The van der Waals surface area contributed by atoms with Gasteiger partial charge in [0.05, 0.1) is 13.2 Å². The molecule has 0 aromatic rings. The number of nitrogens with zero attached hydrogens (tertiary/aromatic N) is 2. The molecule has 1 saturated heterocycles. The fraction of sp³-hybridized carbons (Fsp3) is 0.846. The minimum atomic E-state index is 0.234. The molecular formula is C13H26N4O2. The van der Waals surface area contributed by atoms with E-state index in [-0.39, 0.29) is 5.91 Å². The molecule has 0 atom stereocenters. The highest BCUT2D eigenvalue weighted by molar-refractivity contribution is 5.81. The number of hydrogen-bond acceptors (Lipinski definition) is 3. The number of nitrogens with one attached hydrogen (secondary N) is 2. The van der Waals surface area contributed by atoms with Crippen molar-refractivity contribution in [2.75, 3.05) is 46.4 Å². The second-order valence-electron chi connectivity index (χ2n) is 4.52. The topological polar surface area (TPSA) is 66.0 Å². The summed E-state index contributed by atoms with van der Waals surface area (Å²) in [6.45, 7) is 6.49. The minimum Gasteiger partial charge on any atom is -0.383 e. The maximum atomic E-state index is 11.9. The molecule has 6 heteroatoms. The summed E-state index contributed by atoms with van der Waals surface area (Å²) in [5, 5.41) is 6.31. The van der Waals surface area contributed by atoms with Crippen LogP contribution in [0, 0.1) is 0 Å². The summed E-state index contributed by atoms with van der Waals surface area (Å²) in [5.74, 6) is 0.978. The third kappa shape index (κ3) is 6.42. The van der Waals surface area contributed by atoms with Crippen molar-refractivity contribution in [2.45, 2.75) is 26.2 Å². The van der Waals surface area contributed by atoms with Gasteiger partial charge in [-0.25, -0.2) is 0 Å². The number of aliphatic imine (C=N–C) groups is 1. The van der Waals surface area contributed by atoms with Crippen LogP contribution in [0.3, 0.4) is 0 Å². The van der Waals surface area contributed by atoms with Gasteiger partial charge in [-0.15, -0.1) is 0 Å². The van der Waals surface area contributed by atoms with Gasteiger partial charge in [0.1, 0.15) is 0 Å². The normalized spacial score (nSPS) is 15.7. The van der Waals surface area contributed by atoms with Gasteiger partial charge in [-0.2, -0.15) is 0 Å². The molecule has 6 nitrogen and oxygen atoms in total. The highest BCUT2D eigenvalue weighted by Crippen LogP contribution is 2.08. The molecule has 1 aliphatic heterocycles. The Kier molecular flexibility index (Phi) is 7.97. The molecule has 0 spiro atoms. The highest BCUT2D eigenvalue weighted by atomic mass is 16.5. The van der Waals surface area contributed by atoms with E-state index in [1.54, 1.807) is 7.11 Å².